The van der Waals surface area contributed by atoms with Crippen LogP contribution >= 0.6 is 0 Å². The summed E-state index contributed by atoms with van der Waals surface area (Å²) in [6.45, 7) is 5.79. The van der Waals surface area contributed by atoms with Crippen LogP contribution in [0.5, 0.6) is 0 Å². The average Bonchev–Trinajstić information content (AvgIpc) is 2.42. The zero-order valence-corrected chi connectivity index (χ0v) is 10.8. The molecule has 18 heavy (non-hydrogen) atoms. The molecule has 1 aromatic carbocycles. The molecule has 0 fully saturated rings. The molecule has 0 aliphatic carbocycles. The van der Waals surface area contributed by atoms with Crippen molar-refractivity contribution in [2.45, 2.75) is 26.7 Å². The molecule has 1 aromatic heterocycles. The Kier molecular flexibility index (Phi) is 4.95. The van der Waals surface area contributed by atoms with E-state index in [2.05, 4.69) is 4.98 Å². The topological polar surface area (TPSA) is 12.9 Å². The predicted octanol–water partition coefficient (Wildman–Crippen LogP) is 4.56. The maximum atomic E-state index is 14.0. The van der Waals surface area contributed by atoms with Gasteiger partial charge in [-0.25, -0.2) is 0 Å². The Morgan fingerprint density at radius 2 is 1.67 bits per heavy atom. The maximum absolute atomic E-state index is 14.0. The number of halogens is 2. The molecular formula is C15H17F2N. The van der Waals surface area contributed by atoms with Gasteiger partial charge in [-0.05, 0) is 25.1 Å². The SMILES string of the molecule is CC.Cc1cccc(C(F)(F)c2cccnc2)c1. The lowest BCUT2D eigenvalue weighted by Crippen LogP contribution is -2.15. The molecule has 0 aliphatic rings. The van der Waals surface area contributed by atoms with Gasteiger partial charge in [0, 0.05) is 23.5 Å². The summed E-state index contributed by atoms with van der Waals surface area (Å²) in [6, 6.07) is 9.25. The molecular weight excluding hydrogens is 232 g/mol. The second kappa shape index (κ2) is 6.24. The molecule has 0 spiro atoms. The minimum atomic E-state index is -2.99. The van der Waals surface area contributed by atoms with Crippen LogP contribution in [0.15, 0.2) is 48.8 Å². The Morgan fingerprint density at radius 3 is 2.22 bits per heavy atom. The van der Waals surface area contributed by atoms with Gasteiger partial charge in [-0.1, -0.05) is 37.6 Å². The second-order valence-corrected chi connectivity index (χ2v) is 3.69. The van der Waals surface area contributed by atoms with E-state index in [0.29, 0.717) is 0 Å². The number of hydrogen-bond acceptors (Lipinski definition) is 1. The molecule has 0 saturated carbocycles. The van der Waals surface area contributed by atoms with Crippen LogP contribution in [-0.2, 0) is 5.92 Å². The normalized spacial score (nSPS) is 10.5. The van der Waals surface area contributed by atoms with Crippen molar-refractivity contribution in [3.63, 3.8) is 0 Å². The van der Waals surface area contributed by atoms with Gasteiger partial charge in [-0.2, -0.15) is 8.78 Å². The van der Waals surface area contributed by atoms with Crippen LogP contribution in [0.3, 0.4) is 0 Å². The third-order valence-corrected chi connectivity index (χ3v) is 2.40. The van der Waals surface area contributed by atoms with E-state index in [1.54, 1.807) is 19.1 Å². The lowest BCUT2D eigenvalue weighted by atomic mass is 10.0. The molecule has 0 amide bonds. The molecule has 96 valence electrons. The molecule has 0 saturated heterocycles. The van der Waals surface area contributed by atoms with Gasteiger partial charge in [-0.15, -0.1) is 0 Å². The third kappa shape index (κ3) is 3.13. The Bertz CT molecular complexity index is 481. The standard InChI is InChI=1S/C13H11F2N.C2H6/c1-10-4-2-5-11(8-10)13(14,15)12-6-3-7-16-9-12;1-2/h2-9H,1H3;1-2H3. The summed E-state index contributed by atoms with van der Waals surface area (Å²) < 4.78 is 28.1. The van der Waals surface area contributed by atoms with Gasteiger partial charge in [0.2, 0.25) is 0 Å². The molecule has 2 rings (SSSR count). The Hall–Kier alpha value is -1.77. The molecule has 0 radical (unpaired) electrons. The van der Waals surface area contributed by atoms with Crippen molar-refractivity contribution in [1.29, 1.82) is 0 Å². The monoisotopic (exact) mass is 249 g/mol. The number of pyridine rings is 1. The van der Waals surface area contributed by atoms with Crippen LogP contribution in [0.2, 0.25) is 0 Å². The van der Waals surface area contributed by atoms with Crippen LogP contribution in [0, 0.1) is 6.92 Å². The molecule has 0 atom stereocenters. The summed E-state index contributed by atoms with van der Waals surface area (Å²) in [5.41, 5.74) is 0.738. The summed E-state index contributed by atoms with van der Waals surface area (Å²) in [4.78, 5) is 3.72. The van der Waals surface area contributed by atoms with Crippen molar-refractivity contribution in [3.8, 4) is 0 Å². The summed E-state index contributed by atoms with van der Waals surface area (Å²) >= 11 is 0. The van der Waals surface area contributed by atoms with Crippen molar-refractivity contribution >= 4 is 0 Å². The van der Waals surface area contributed by atoms with Gasteiger partial charge < -0.3 is 0 Å². The lowest BCUT2D eigenvalue weighted by molar-refractivity contribution is 0.0424. The molecule has 0 unspecified atom stereocenters. The van der Waals surface area contributed by atoms with Crippen LogP contribution in [-0.4, -0.2) is 4.98 Å². The highest BCUT2D eigenvalue weighted by Gasteiger charge is 2.33. The molecule has 1 nitrogen and oxygen atoms in total. The fraction of sp³-hybridized carbons (Fsp3) is 0.267. The fourth-order valence-electron chi connectivity index (χ4n) is 1.56. The Morgan fingerprint density at radius 1 is 1.00 bits per heavy atom. The van der Waals surface area contributed by atoms with Crippen molar-refractivity contribution < 1.29 is 8.78 Å². The van der Waals surface area contributed by atoms with Gasteiger partial charge in [0.25, 0.3) is 5.92 Å². The largest absolute Gasteiger partial charge is 0.299 e. The quantitative estimate of drug-likeness (QED) is 0.760. The van der Waals surface area contributed by atoms with Gasteiger partial charge in [0.15, 0.2) is 0 Å². The smallest absolute Gasteiger partial charge is 0.264 e. The highest BCUT2D eigenvalue weighted by Crippen LogP contribution is 2.35. The van der Waals surface area contributed by atoms with E-state index >= 15 is 0 Å². The van der Waals surface area contributed by atoms with Gasteiger partial charge in [0.05, 0.1) is 0 Å². The predicted molar refractivity (Wildman–Crippen MR) is 69.8 cm³/mol. The summed E-state index contributed by atoms with van der Waals surface area (Å²) in [7, 11) is 0. The van der Waals surface area contributed by atoms with E-state index in [-0.39, 0.29) is 11.1 Å². The van der Waals surface area contributed by atoms with E-state index in [1.165, 1.54) is 36.7 Å². The number of rotatable bonds is 2. The minimum absolute atomic E-state index is 0.000463. The fourth-order valence-corrected chi connectivity index (χ4v) is 1.56. The second-order valence-electron chi connectivity index (χ2n) is 3.69. The highest BCUT2D eigenvalue weighted by molar-refractivity contribution is 5.33. The zero-order valence-electron chi connectivity index (χ0n) is 10.8. The maximum Gasteiger partial charge on any atom is 0.299 e. The van der Waals surface area contributed by atoms with Gasteiger partial charge >= 0.3 is 0 Å². The molecule has 0 bridgehead atoms. The summed E-state index contributed by atoms with van der Waals surface area (Å²) in [5.74, 6) is -2.99. The first-order chi connectivity index (χ1) is 8.60. The van der Waals surface area contributed by atoms with Crippen LogP contribution in [0.1, 0.15) is 30.5 Å². The molecule has 1 heterocycles. The lowest BCUT2D eigenvalue weighted by Gasteiger charge is -2.17. The van der Waals surface area contributed by atoms with Gasteiger partial charge in [0.1, 0.15) is 0 Å². The zero-order chi connectivity index (χ0) is 13.6. The van der Waals surface area contributed by atoms with E-state index in [4.69, 9.17) is 0 Å². The van der Waals surface area contributed by atoms with Crippen LogP contribution in [0.25, 0.3) is 0 Å². The van der Waals surface area contributed by atoms with Crippen molar-refractivity contribution in [2.24, 2.45) is 0 Å². The van der Waals surface area contributed by atoms with E-state index in [1.807, 2.05) is 13.8 Å². The number of aromatic nitrogens is 1. The highest BCUT2D eigenvalue weighted by atomic mass is 19.3. The number of aryl methyl sites for hydroxylation is 1. The third-order valence-electron chi connectivity index (χ3n) is 2.40. The van der Waals surface area contributed by atoms with E-state index in [9.17, 15) is 8.78 Å². The van der Waals surface area contributed by atoms with E-state index < -0.39 is 5.92 Å². The van der Waals surface area contributed by atoms with E-state index in [0.717, 1.165) is 5.56 Å². The molecule has 0 N–H and O–H groups in total. The average molecular weight is 249 g/mol. The summed E-state index contributed by atoms with van der Waals surface area (Å²) in [6.07, 6.45) is 2.68. The Labute approximate surface area is 107 Å². The first-order valence-electron chi connectivity index (χ1n) is 5.96. The number of nitrogens with zero attached hydrogens (tertiary/aromatic N) is 1. The van der Waals surface area contributed by atoms with Crippen molar-refractivity contribution in [1.82, 2.24) is 4.98 Å². The van der Waals surface area contributed by atoms with Crippen molar-refractivity contribution in [2.75, 3.05) is 0 Å². The number of alkyl halides is 2. The first-order valence-corrected chi connectivity index (χ1v) is 5.96. The first kappa shape index (κ1) is 14.3. The number of hydrogen-bond donors (Lipinski definition) is 0. The van der Waals surface area contributed by atoms with Crippen LogP contribution < -0.4 is 0 Å². The molecule has 2 aromatic rings. The van der Waals surface area contributed by atoms with Gasteiger partial charge in [-0.3, -0.25) is 4.98 Å². The molecule has 3 heteroatoms. The Balaban J connectivity index is 0.000000771. The van der Waals surface area contributed by atoms with Crippen LogP contribution in [0.4, 0.5) is 8.78 Å². The van der Waals surface area contributed by atoms with Crippen molar-refractivity contribution in [3.05, 3.63) is 65.5 Å². The number of benzene rings is 1. The minimum Gasteiger partial charge on any atom is -0.264 e. The summed E-state index contributed by atoms with van der Waals surface area (Å²) in [5, 5.41) is 0. The molecule has 0 aliphatic heterocycles.